The summed E-state index contributed by atoms with van der Waals surface area (Å²) in [7, 11) is 0. The van der Waals surface area contributed by atoms with Crippen LogP contribution in [-0.2, 0) is 0 Å². The molecule has 0 saturated carbocycles. The van der Waals surface area contributed by atoms with Crippen LogP contribution in [0, 0.1) is 33.2 Å². The van der Waals surface area contributed by atoms with Gasteiger partial charge in [0.15, 0.2) is 0 Å². The Bertz CT molecular complexity index is 453. The predicted octanol–water partition coefficient (Wildman–Crippen LogP) is 3.10. The fourth-order valence-electron chi connectivity index (χ4n) is 0.932. The topological polar surface area (TPSA) is 72.3 Å². The highest BCUT2D eigenvalue weighted by Gasteiger charge is 2.02. The second-order valence-electron chi connectivity index (χ2n) is 2.81. The molecule has 0 amide bonds. The summed E-state index contributed by atoms with van der Waals surface area (Å²) in [6, 6.07) is 8.11. The highest BCUT2D eigenvalue weighted by atomic mass is 127. The summed E-state index contributed by atoms with van der Waals surface area (Å²) >= 11 is 2.20. The molecular formula is C10H7IN4. The zero-order valence-corrected chi connectivity index (χ0v) is 10.1. The third-order valence-electron chi connectivity index (χ3n) is 1.68. The molecule has 5 heteroatoms. The summed E-state index contributed by atoms with van der Waals surface area (Å²) in [5.74, 6) is 0. The number of nitriles is 2. The predicted molar refractivity (Wildman–Crippen MR) is 63.4 cm³/mol. The third-order valence-corrected chi connectivity index (χ3v) is 2.36. The minimum Gasteiger partial charge on any atom is -0.195 e. The van der Waals surface area contributed by atoms with Gasteiger partial charge in [0.05, 0.1) is 5.69 Å². The second-order valence-corrected chi connectivity index (χ2v) is 4.05. The van der Waals surface area contributed by atoms with E-state index >= 15 is 0 Å². The van der Waals surface area contributed by atoms with Crippen molar-refractivity contribution in [3.05, 3.63) is 27.3 Å². The van der Waals surface area contributed by atoms with Gasteiger partial charge >= 0.3 is 0 Å². The molecule has 1 rings (SSSR count). The molecule has 0 radical (unpaired) electrons. The summed E-state index contributed by atoms with van der Waals surface area (Å²) in [6.45, 7) is 1.91. The third kappa shape index (κ3) is 3.30. The van der Waals surface area contributed by atoms with E-state index in [-0.39, 0.29) is 0 Å². The molecule has 0 fully saturated rings. The molecule has 1 aromatic carbocycles. The Hall–Kier alpha value is -1.47. The quantitative estimate of drug-likeness (QED) is 0.622. The van der Waals surface area contributed by atoms with Crippen LogP contribution in [0.5, 0.6) is 0 Å². The van der Waals surface area contributed by atoms with E-state index in [4.69, 9.17) is 10.5 Å². The van der Waals surface area contributed by atoms with Crippen molar-refractivity contribution in [2.45, 2.75) is 13.0 Å². The van der Waals surface area contributed by atoms with Crippen molar-refractivity contribution in [2.24, 2.45) is 10.2 Å². The summed E-state index contributed by atoms with van der Waals surface area (Å²) in [5, 5.41) is 24.5. The molecule has 0 spiro atoms. The zero-order chi connectivity index (χ0) is 11.3. The molecule has 0 aliphatic carbocycles. The maximum atomic E-state index is 8.49. The Kier molecular flexibility index (Phi) is 4.19. The Labute approximate surface area is 101 Å². The molecule has 0 saturated heterocycles. The lowest BCUT2D eigenvalue weighted by Crippen LogP contribution is -1.92. The van der Waals surface area contributed by atoms with E-state index in [0.717, 1.165) is 9.13 Å². The lowest BCUT2D eigenvalue weighted by Gasteiger charge is -1.98. The SMILES string of the molecule is Cc1cc(I)ccc1N=NC(C#N)C#N. The van der Waals surface area contributed by atoms with Gasteiger partial charge < -0.3 is 0 Å². The van der Waals surface area contributed by atoms with Crippen molar-refractivity contribution in [3.63, 3.8) is 0 Å². The van der Waals surface area contributed by atoms with E-state index in [9.17, 15) is 0 Å². The van der Waals surface area contributed by atoms with Crippen LogP contribution in [0.1, 0.15) is 5.56 Å². The number of nitrogens with zero attached hydrogens (tertiary/aromatic N) is 4. The number of hydrogen-bond acceptors (Lipinski definition) is 4. The Morgan fingerprint density at radius 1 is 1.33 bits per heavy atom. The summed E-state index contributed by atoms with van der Waals surface area (Å²) < 4.78 is 1.11. The average Bonchev–Trinajstić information content (AvgIpc) is 2.22. The maximum absolute atomic E-state index is 8.49. The molecule has 1 aromatic rings. The first-order valence-electron chi connectivity index (χ1n) is 4.13. The molecule has 15 heavy (non-hydrogen) atoms. The lowest BCUT2D eigenvalue weighted by atomic mass is 10.2. The maximum Gasteiger partial charge on any atom is 0.242 e. The largest absolute Gasteiger partial charge is 0.242 e. The van der Waals surface area contributed by atoms with Crippen LogP contribution in [0.25, 0.3) is 0 Å². The molecule has 0 bridgehead atoms. The van der Waals surface area contributed by atoms with Crippen LogP contribution in [0.3, 0.4) is 0 Å². The van der Waals surface area contributed by atoms with Gasteiger partial charge in [-0.15, -0.1) is 0 Å². The fraction of sp³-hybridized carbons (Fsp3) is 0.200. The highest BCUT2D eigenvalue weighted by molar-refractivity contribution is 14.1. The normalized spacial score (nSPS) is 10.2. The van der Waals surface area contributed by atoms with E-state index in [1.54, 1.807) is 12.1 Å². The van der Waals surface area contributed by atoms with Crippen LogP contribution in [0.4, 0.5) is 5.69 Å². The van der Waals surface area contributed by atoms with E-state index in [1.807, 2.05) is 25.1 Å². The Morgan fingerprint density at radius 3 is 2.53 bits per heavy atom. The number of azo groups is 1. The second kappa shape index (κ2) is 5.42. The number of aryl methyl sites for hydroxylation is 1. The van der Waals surface area contributed by atoms with Crippen LogP contribution >= 0.6 is 22.6 Å². The molecule has 74 valence electrons. The molecule has 0 aliphatic heterocycles. The number of hydrogen-bond donors (Lipinski definition) is 0. The summed E-state index contributed by atoms with van der Waals surface area (Å²) in [4.78, 5) is 0. The van der Waals surface area contributed by atoms with Crippen molar-refractivity contribution < 1.29 is 0 Å². The summed E-state index contributed by atoms with van der Waals surface area (Å²) in [5.41, 5.74) is 1.66. The van der Waals surface area contributed by atoms with Gasteiger partial charge in [-0.05, 0) is 53.3 Å². The number of halogens is 1. The molecule has 0 N–H and O–H groups in total. The highest BCUT2D eigenvalue weighted by Crippen LogP contribution is 2.21. The zero-order valence-electron chi connectivity index (χ0n) is 7.98. The van der Waals surface area contributed by atoms with Gasteiger partial charge in [-0.2, -0.15) is 20.8 Å². The van der Waals surface area contributed by atoms with E-state index in [0.29, 0.717) is 5.69 Å². The van der Waals surface area contributed by atoms with Crippen molar-refractivity contribution in [2.75, 3.05) is 0 Å². The Morgan fingerprint density at radius 2 is 2.00 bits per heavy atom. The molecule has 0 aliphatic rings. The van der Waals surface area contributed by atoms with Crippen molar-refractivity contribution >= 4 is 28.3 Å². The van der Waals surface area contributed by atoms with Crippen LogP contribution in [0.15, 0.2) is 28.4 Å². The molecule has 0 heterocycles. The smallest absolute Gasteiger partial charge is 0.195 e. The van der Waals surface area contributed by atoms with Gasteiger partial charge in [-0.3, -0.25) is 0 Å². The van der Waals surface area contributed by atoms with Crippen LogP contribution in [0.2, 0.25) is 0 Å². The standard InChI is InChI=1S/C10H7IN4/c1-7-4-8(11)2-3-10(7)15-14-9(5-12)6-13/h2-4,9H,1H3. The summed E-state index contributed by atoms with van der Waals surface area (Å²) in [6.07, 6.45) is 0. The van der Waals surface area contributed by atoms with Gasteiger partial charge in [-0.25, -0.2) is 0 Å². The molecule has 4 nitrogen and oxygen atoms in total. The molecule has 0 aromatic heterocycles. The monoisotopic (exact) mass is 310 g/mol. The molecule has 0 atom stereocenters. The Balaban J connectivity index is 2.92. The van der Waals surface area contributed by atoms with Gasteiger partial charge in [0.25, 0.3) is 0 Å². The van der Waals surface area contributed by atoms with Gasteiger partial charge in [0.2, 0.25) is 6.04 Å². The van der Waals surface area contributed by atoms with Gasteiger partial charge in [0.1, 0.15) is 12.1 Å². The van der Waals surface area contributed by atoms with E-state index in [1.165, 1.54) is 0 Å². The lowest BCUT2D eigenvalue weighted by molar-refractivity contribution is 0.947. The molecule has 0 unspecified atom stereocenters. The van der Waals surface area contributed by atoms with Crippen molar-refractivity contribution in [1.82, 2.24) is 0 Å². The minimum absolute atomic E-state index is 0.686. The fourth-order valence-corrected chi connectivity index (χ4v) is 1.58. The van der Waals surface area contributed by atoms with Crippen LogP contribution in [-0.4, -0.2) is 6.04 Å². The average molecular weight is 310 g/mol. The number of benzene rings is 1. The first-order valence-corrected chi connectivity index (χ1v) is 5.21. The minimum atomic E-state index is -1.02. The number of rotatable bonds is 2. The van der Waals surface area contributed by atoms with Crippen molar-refractivity contribution in [3.8, 4) is 12.1 Å². The first-order chi connectivity index (χ1) is 7.17. The van der Waals surface area contributed by atoms with E-state index < -0.39 is 6.04 Å². The van der Waals surface area contributed by atoms with Gasteiger partial charge in [0, 0.05) is 3.57 Å². The van der Waals surface area contributed by atoms with Gasteiger partial charge in [-0.1, -0.05) is 0 Å². The first kappa shape index (κ1) is 11.6. The van der Waals surface area contributed by atoms with Crippen LogP contribution < -0.4 is 0 Å². The van der Waals surface area contributed by atoms with E-state index in [2.05, 4.69) is 32.8 Å². The molecular weight excluding hydrogens is 303 g/mol. The van der Waals surface area contributed by atoms with Crippen molar-refractivity contribution in [1.29, 1.82) is 10.5 Å².